The second-order valence-corrected chi connectivity index (χ2v) is 7.54. The molecule has 0 saturated heterocycles. The number of carboxylic acids is 1. The van der Waals surface area contributed by atoms with Gasteiger partial charge in [0.15, 0.2) is 0 Å². The highest BCUT2D eigenvalue weighted by molar-refractivity contribution is 5.72. The Bertz CT molecular complexity index is 1090. The van der Waals surface area contributed by atoms with Crippen molar-refractivity contribution in [3.8, 4) is 34.1 Å². The molecule has 0 aliphatic carbocycles. The summed E-state index contributed by atoms with van der Waals surface area (Å²) in [5.74, 6) is -0.205. The number of benzene rings is 3. The molecule has 0 aromatic heterocycles. The van der Waals surface area contributed by atoms with Crippen molar-refractivity contribution >= 4 is 5.97 Å². The van der Waals surface area contributed by atoms with Crippen LogP contribution in [0.4, 0.5) is 4.39 Å². The van der Waals surface area contributed by atoms with E-state index in [1.54, 1.807) is 30.3 Å². The minimum atomic E-state index is -0.946. The molecule has 0 aliphatic heterocycles. The zero-order valence-electron chi connectivity index (χ0n) is 18.4. The summed E-state index contributed by atoms with van der Waals surface area (Å²) in [5.41, 5.74) is 2.71. The Morgan fingerprint density at radius 2 is 1.64 bits per heavy atom. The molecule has 174 valence electrons. The molecule has 0 bridgehead atoms. The van der Waals surface area contributed by atoms with Crippen molar-refractivity contribution in [3.05, 3.63) is 71.5 Å². The molecule has 3 N–H and O–H groups in total. The van der Waals surface area contributed by atoms with Gasteiger partial charge in [-0.3, -0.25) is 4.79 Å². The van der Waals surface area contributed by atoms with Crippen LogP contribution in [0, 0.1) is 5.82 Å². The third kappa shape index (κ3) is 6.38. The summed E-state index contributed by atoms with van der Waals surface area (Å²) < 4.78 is 24.8. The van der Waals surface area contributed by atoms with Crippen LogP contribution < -0.4 is 9.47 Å². The van der Waals surface area contributed by atoms with Gasteiger partial charge in [-0.2, -0.15) is 0 Å². The van der Waals surface area contributed by atoms with Gasteiger partial charge in [-0.15, -0.1) is 0 Å². The van der Waals surface area contributed by atoms with E-state index in [1.165, 1.54) is 18.2 Å². The van der Waals surface area contributed by atoms with E-state index in [2.05, 4.69) is 0 Å². The Morgan fingerprint density at radius 1 is 0.939 bits per heavy atom. The normalized spacial score (nSPS) is 10.7. The fraction of sp³-hybridized carbons (Fsp3) is 0.269. The fourth-order valence-electron chi connectivity index (χ4n) is 3.48. The first kappa shape index (κ1) is 23.9. The van der Waals surface area contributed by atoms with Crippen LogP contribution in [0.25, 0.3) is 11.1 Å². The lowest BCUT2D eigenvalue weighted by molar-refractivity contribution is -0.136. The Hall–Kier alpha value is -3.74. The average Bonchev–Trinajstić information content (AvgIpc) is 2.79. The smallest absolute Gasteiger partial charge is 0.303 e. The predicted octanol–water partition coefficient (Wildman–Crippen LogP) is 5.33. The highest BCUT2D eigenvalue weighted by atomic mass is 19.1. The van der Waals surface area contributed by atoms with Crippen molar-refractivity contribution < 1.29 is 34.0 Å². The van der Waals surface area contributed by atoms with Gasteiger partial charge in [-0.1, -0.05) is 25.1 Å². The predicted molar refractivity (Wildman–Crippen MR) is 123 cm³/mol. The van der Waals surface area contributed by atoms with Crippen molar-refractivity contribution in [1.29, 1.82) is 0 Å². The first-order chi connectivity index (χ1) is 15.9. The Kier molecular flexibility index (Phi) is 8.13. The summed E-state index contributed by atoms with van der Waals surface area (Å²) in [6.07, 6.45) is 1.30. The highest BCUT2D eigenvalue weighted by Crippen LogP contribution is 2.36. The summed E-state index contributed by atoms with van der Waals surface area (Å²) in [6, 6.07) is 14.2. The maximum atomic E-state index is 13.2. The number of aromatic hydroxyl groups is 2. The van der Waals surface area contributed by atoms with Crippen LogP contribution in [0.15, 0.2) is 54.6 Å². The van der Waals surface area contributed by atoms with Crippen LogP contribution >= 0.6 is 0 Å². The minimum absolute atomic E-state index is 0.00862. The maximum Gasteiger partial charge on any atom is 0.303 e. The number of halogens is 1. The molecular formula is C26H27FO6. The van der Waals surface area contributed by atoms with Crippen LogP contribution in [-0.2, 0) is 17.6 Å². The molecule has 3 aromatic carbocycles. The molecule has 7 heteroatoms. The van der Waals surface area contributed by atoms with E-state index >= 15 is 0 Å². The lowest BCUT2D eigenvalue weighted by Crippen LogP contribution is -2.08. The summed E-state index contributed by atoms with van der Waals surface area (Å²) in [7, 11) is 0. The van der Waals surface area contributed by atoms with E-state index in [0.29, 0.717) is 54.2 Å². The first-order valence-corrected chi connectivity index (χ1v) is 10.8. The number of carbonyl (C=O) groups is 1. The van der Waals surface area contributed by atoms with Crippen molar-refractivity contribution in [1.82, 2.24) is 0 Å². The van der Waals surface area contributed by atoms with E-state index in [0.717, 1.165) is 5.56 Å². The van der Waals surface area contributed by atoms with Gasteiger partial charge in [0.25, 0.3) is 0 Å². The minimum Gasteiger partial charge on any atom is -0.508 e. The number of hydrogen-bond donors (Lipinski definition) is 3. The molecule has 0 aliphatic rings. The monoisotopic (exact) mass is 454 g/mol. The second-order valence-electron chi connectivity index (χ2n) is 7.54. The van der Waals surface area contributed by atoms with Crippen molar-refractivity contribution in [2.75, 3.05) is 13.2 Å². The first-order valence-electron chi connectivity index (χ1n) is 10.8. The Morgan fingerprint density at radius 3 is 2.30 bits per heavy atom. The zero-order valence-corrected chi connectivity index (χ0v) is 18.4. The number of hydrogen-bond acceptors (Lipinski definition) is 5. The van der Waals surface area contributed by atoms with E-state index < -0.39 is 5.97 Å². The number of aliphatic carboxylic acids is 1. The standard InChI is InChI=1S/C26H27FO6/c1-2-17-15-21(18-7-9-19(27)10-8-18)23(29)16-25(17)33-14-4-13-32-24-6-3-5-22(28)20(24)11-12-26(30)31/h3,5-10,15-16,28-29H,2,4,11-14H2,1H3,(H,30,31). The van der Waals surface area contributed by atoms with E-state index in [9.17, 15) is 19.4 Å². The van der Waals surface area contributed by atoms with Crippen molar-refractivity contribution in [2.24, 2.45) is 0 Å². The number of phenolic OH excluding ortho intramolecular Hbond substituents is 2. The molecule has 0 radical (unpaired) electrons. The quantitative estimate of drug-likeness (QED) is 0.339. The van der Waals surface area contributed by atoms with Gasteiger partial charge in [0.05, 0.1) is 13.2 Å². The maximum absolute atomic E-state index is 13.2. The molecule has 0 amide bonds. The van der Waals surface area contributed by atoms with Gasteiger partial charge in [0.1, 0.15) is 28.8 Å². The number of aryl methyl sites for hydroxylation is 1. The zero-order chi connectivity index (χ0) is 23.8. The molecule has 0 unspecified atom stereocenters. The van der Waals surface area contributed by atoms with Crippen LogP contribution in [0.2, 0.25) is 0 Å². The molecule has 0 saturated carbocycles. The number of phenols is 2. The van der Waals surface area contributed by atoms with Gasteiger partial charge in [-0.05, 0) is 54.3 Å². The Balaban J connectivity index is 1.59. The number of rotatable bonds is 11. The summed E-state index contributed by atoms with van der Waals surface area (Å²) in [4.78, 5) is 10.8. The molecular weight excluding hydrogens is 427 g/mol. The molecule has 0 heterocycles. The molecule has 0 fully saturated rings. The van der Waals surface area contributed by atoms with Crippen LogP contribution in [0.5, 0.6) is 23.0 Å². The van der Waals surface area contributed by atoms with Gasteiger partial charge >= 0.3 is 5.97 Å². The van der Waals surface area contributed by atoms with E-state index in [-0.39, 0.29) is 30.2 Å². The third-order valence-corrected chi connectivity index (χ3v) is 5.22. The molecule has 0 atom stereocenters. The SMILES string of the molecule is CCc1cc(-c2ccc(F)cc2)c(O)cc1OCCCOc1cccc(O)c1CCC(=O)O. The third-order valence-electron chi connectivity index (χ3n) is 5.22. The highest BCUT2D eigenvalue weighted by Gasteiger charge is 2.13. The average molecular weight is 454 g/mol. The molecule has 3 rings (SSSR count). The van der Waals surface area contributed by atoms with E-state index in [4.69, 9.17) is 14.6 Å². The second kappa shape index (κ2) is 11.2. The molecule has 3 aromatic rings. The fourth-order valence-corrected chi connectivity index (χ4v) is 3.48. The van der Waals surface area contributed by atoms with Crippen LogP contribution in [0.3, 0.4) is 0 Å². The van der Waals surface area contributed by atoms with Gasteiger partial charge in [0, 0.05) is 30.0 Å². The van der Waals surface area contributed by atoms with Gasteiger partial charge in [-0.25, -0.2) is 4.39 Å². The summed E-state index contributed by atoms with van der Waals surface area (Å²) >= 11 is 0. The van der Waals surface area contributed by atoms with Crippen molar-refractivity contribution in [3.63, 3.8) is 0 Å². The van der Waals surface area contributed by atoms with Crippen molar-refractivity contribution in [2.45, 2.75) is 32.6 Å². The van der Waals surface area contributed by atoms with E-state index in [1.807, 2.05) is 13.0 Å². The molecule has 33 heavy (non-hydrogen) atoms. The largest absolute Gasteiger partial charge is 0.508 e. The number of carboxylic acid groups (broad SMARTS) is 1. The summed E-state index contributed by atoms with van der Waals surface area (Å²) in [5, 5.41) is 29.4. The van der Waals surface area contributed by atoms with Gasteiger partial charge < -0.3 is 24.8 Å². The topological polar surface area (TPSA) is 96.2 Å². The lowest BCUT2D eigenvalue weighted by Gasteiger charge is -2.15. The lowest BCUT2D eigenvalue weighted by atomic mass is 10.00. The van der Waals surface area contributed by atoms with Crippen LogP contribution in [-0.4, -0.2) is 34.5 Å². The molecule has 6 nitrogen and oxygen atoms in total. The molecule has 0 spiro atoms. The summed E-state index contributed by atoms with van der Waals surface area (Å²) in [6.45, 7) is 2.63. The number of ether oxygens (including phenoxy) is 2. The Labute approximate surface area is 191 Å². The van der Waals surface area contributed by atoms with Gasteiger partial charge in [0.2, 0.25) is 0 Å². The van der Waals surface area contributed by atoms with Crippen LogP contribution in [0.1, 0.15) is 30.9 Å².